The number of esters is 1. The van der Waals surface area contributed by atoms with Gasteiger partial charge in [0, 0.05) is 12.1 Å². The molecule has 1 aromatic carbocycles. The first kappa shape index (κ1) is 13.5. The Morgan fingerprint density at radius 3 is 2.80 bits per heavy atom. The van der Waals surface area contributed by atoms with Crippen molar-refractivity contribution in [2.75, 3.05) is 17.2 Å². The van der Waals surface area contributed by atoms with Gasteiger partial charge in [0.2, 0.25) is 0 Å². The second kappa shape index (κ2) is 5.39. The van der Waals surface area contributed by atoms with Crippen LogP contribution in [0.3, 0.4) is 0 Å². The molecule has 0 spiro atoms. The topological polar surface area (TPSA) is 111 Å². The van der Waals surface area contributed by atoms with E-state index in [-0.39, 0.29) is 18.0 Å². The molecule has 2 N–H and O–H groups in total. The molecule has 2 rings (SSSR count). The first-order valence-corrected chi connectivity index (χ1v) is 5.76. The van der Waals surface area contributed by atoms with Crippen molar-refractivity contribution >= 4 is 28.9 Å². The summed E-state index contributed by atoms with van der Waals surface area (Å²) in [6, 6.07) is 3.97. The minimum atomic E-state index is -0.668. The average Bonchev–Trinajstić information content (AvgIpc) is 2.39. The maximum atomic E-state index is 11.7. The second-order valence-electron chi connectivity index (χ2n) is 3.88. The van der Waals surface area contributed by atoms with Gasteiger partial charge >= 0.3 is 5.97 Å². The Morgan fingerprint density at radius 2 is 2.15 bits per heavy atom. The van der Waals surface area contributed by atoms with Crippen LogP contribution in [0.4, 0.5) is 17.1 Å². The molecule has 1 aliphatic rings. The first-order chi connectivity index (χ1) is 9.51. The van der Waals surface area contributed by atoms with Gasteiger partial charge in [0.15, 0.2) is 0 Å². The van der Waals surface area contributed by atoms with Crippen LogP contribution < -0.4 is 10.6 Å². The van der Waals surface area contributed by atoms with Crippen LogP contribution >= 0.6 is 0 Å². The van der Waals surface area contributed by atoms with Gasteiger partial charge in [-0.25, -0.2) is 4.79 Å². The molecule has 0 aliphatic carbocycles. The van der Waals surface area contributed by atoms with E-state index in [1.165, 1.54) is 18.2 Å². The van der Waals surface area contributed by atoms with E-state index in [0.717, 1.165) is 6.08 Å². The molecule has 0 aromatic heterocycles. The number of fused-ring (bicyclic) bond motifs is 1. The molecule has 0 radical (unpaired) electrons. The summed E-state index contributed by atoms with van der Waals surface area (Å²) in [7, 11) is 0. The van der Waals surface area contributed by atoms with Crippen molar-refractivity contribution in [3.8, 4) is 0 Å². The Hall–Kier alpha value is -2.90. The molecule has 1 aliphatic heterocycles. The number of nitro benzene ring substituents is 1. The predicted molar refractivity (Wildman–Crippen MR) is 70.1 cm³/mol. The number of non-ortho nitro benzene ring substituents is 1. The molecule has 104 valence electrons. The molecule has 1 aromatic rings. The fraction of sp³-hybridized carbons (Fsp3) is 0.167. The van der Waals surface area contributed by atoms with Crippen molar-refractivity contribution < 1.29 is 19.2 Å². The molecule has 0 atom stereocenters. The second-order valence-corrected chi connectivity index (χ2v) is 3.88. The lowest BCUT2D eigenvalue weighted by molar-refractivity contribution is -0.384. The zero-order valence-corrected chi connectivity index (χ0v) is 10.5. The number of nitrogens with zero attached hydrogens (tertiary/aromatic N) is 1. The molecular weight excluding hydrogens is 266 g/mol. The zero-order valence-electron chi connectivity index (χ0n) is 10.5. The largest absolute Gasteiger partial charge is 0.463 e. The highest BCUT2D eigenvalue weighted by atomic mass is 16.6. The van der Waals surface area contributed by atoms with Crippen LogP contribution in [-0.4, -0.2) is 23.4 Å². The number of rotatable bonds is 3. The summed E-state index contributed by atoms with van der Waals surface area (Å²) in [5.41, 5.74) is 0.593. The number of benzene rings is 1. The number of amides is 1. The van der Waals surface area contributed by atoms with Crippen LogP contribution in [0.1, 0.15) is 6.92 Å². The van der Waals surface area contributed by atoms with Crippen molar-refractivity contribution in [3.05, 3.63) is 40.1 Å². The third-order valence-electron chi connectivity index (χ3n) is 2.52. The maximum absolute atomic E-state index is 11.7. The summed E-state index contributed by atoms with van der Waals surface area (Å²) in [6.07, 6.45) is 1.00. The third kappa shape index (κ3) is 2.74. The van der Waals surface area contributed by atoms with E-state index in [4.69, 9.17) is 4.74 Å². The predicted octanol–water partition coefficient (Wildman–Crippen LogP) is 1.41. The van der Waals surface area contributed by atoms with Crippen LogP contribution in [0.2, 0.25) is 0 Å². The minimum Gasteiger partial charge on any atom is -0.463 e. The van der Waals surface area contributed by atoms with Gasteiger partial charge < -0.3 is 15.4 Å². The average molecular weight is 277 g/mol. The fourth-order valence-corrected chi connectivity index (χ4v) is 1.65. The molecule has 0 saturated carbocycles. The van der Waals surface area contributed by atoms with E-state index < -0.39 is 16.8 Å². The molecule has 0 fully saturated rings. The highest BCUT2D eigenvalue weighted by Gasteiger charge is 2.22. The summed E-state index contributed by atoms with van der Waals surface area (Å²) in [5.74, 6) is -1.18. The molecule has 1 amide bonds. The van der Waals surface area contributed by atoms with Gasteiger partial charge in [-0.05, 0) is 13.0 Å². The Bertz CT molecular complexity index is 624. The lowest BCUT2D eigenvalue weighted by Crippen LogP contribution is -2.26. The summed E-state index contributed by atoms with van der Waals surface area (Å²) in [6.45, 7) is 1.83. The van der Waals surface area contributed by atoms with E-state index in [1.54, 1.807) is 6.92 Å². The van der Waals surface area contributed by atoms with Gasteiger partial charge in [0.1, 0.15) is 5.70 Å². The van der Waals surface area contributed by atoms with Crippen LogP contribution in [0.5, 0.6) is 0 Å². The summed E-state index contributed by atoms with van der Waals surface area (Å²) >= 11 is 0. The summed E-state index contributed by atoms with van der Waals surface area (Å²) in [4.78, 5) is 33.2. The van der Waals surface area contributed by atoms with Crippen molar-refractivity contribution in [1.29, 1.82) is 0 Å². The smallest absolute Gasteiger partial charge is 0.333 e. The van der Waals surface area contributed by atoms with E-state index >= 15 is 0 Å². The number of carbonyl (C=O) groups is 2. The molecular formula is C12H11N3O5. The molecule has 0 saturated heterocycles. The number of hydrogen-bond donors (Lipinski definition) is 2. The molecule has 0 unspecified atom stereocenters. The third-order valence-corrected chi connectivity index (χ3v) is 2.52. The standard InChI is InChI=1S/C12H11N3O5/c1-2-20-11(16)6-10-12(17)14-8-4-3-7(15(18)19)5-9(8)13-10/h3-6,13H,2H2,1H3,(H,14,17)/b10-6+. The highest BCUT2D eigenvalue weighted by molar-refractivity contribution is 6.13. The Balaban J connectivity index is 2.31. The van der Waals surface area contributed by atoms with Crippen LogP contribution in [-0.2, 0) is 14.3 Å². The van der Waals surface area contributed by atoms with Crippen molar-refractivity contribution in [2.45, 2.75) is 6.92 Å². The lowest BCUT2D eigenvalue weighted by atomic mass is 10.1. The number of ether oxygens (including phenoxy) is 1. The molecule has 20 heavy (non-hydrogen) atoms. The number of anilines is 2. The molecule has 1 heterocycles. The quantitative estimate of drug-likeness (QED) is 0.374. The lowest BCUT2D eigenvalue weighted by Gasteiger charge is -2.20. The van der Waals surface area contributed by atoms with Crippen molar-refractivity contribution in [2.24, 2.45) is 0 Å². The van der Waals surface area contributed by atoms with Crippen LogP contribution in [0.25, 0.3) is 0 Å². The van der Waals surface area contributed by atoms with Gasteiger partial charge in [-0.2, -0.15) is 0 Å². The van der Waals surface area contributed by atoms with Gasteiger partial charge in [-0.1, -0.05) is 0 Å². The first-order valence-electron chi connectivity index (χ1n) is 5.76. The molecule has 8 heteroatoms. The van der Waals surface area contributed by atoms with Crippen molar-refractivity contribution in [1.82, 2.24) is 0 Å². The van der Waals surface area contributed by atoms with Crippen molar-refractivity contribution in [3.63, 3.8) is 0 Å². The highest BCUT2D eigenvalue weighted by Crippen LogP contribution is 2.31. The van der Waals surface area contributed by atoms with Crippen LogP contribution in [0.15, 0.2) is 30.0 Å². The number of nitrogens with one attached hydrogen (secondary N) is 2. The summed E-state index contributed by atoms with van der Waals surface area (Å²) in [5, 5.41) is 15.9. The number of hydrogen-bond acceptors (Lipinski definition) is 6. The van der Waals surface area contributed by atoms with Gasteiger partial charge in [-0.15, -0.1) is 0 Å². The van der Waals surface area contributed by atoms with Gasteiger partial charge in [0.05, 0.1) is 29.0 Å². The Kier molecular flexibility index (Phi) is 3.65. The van der Waals surface area contributed by atoms with Gasteiger partial charge in [-0.3, -0.25) is 14.9 Å². The molecule has 8 nitrogen and oxygen atoms in total. The van der Waals surface area contributed by atoms with E-state index in [1.807, 2.05) is 0 Å². The Labute approximate surface area is 113 Å². The maximum Gasteiger partial charge on any atom is 0.333 e. The SMILES string of the molecule is CCOC(=O)/C=C1/Nc2cc([N+](=O)[O-])ccc2NC1=O. The Morgan fingerprint density at radius 1 is 1.40 bits per heavy atom. The monoisotopic (exact) mass is 277 g/mol. The molecule has 0 bridgehead atoms. The van der Waals surface area contributed by atoms with Crippen LogP contribution in [0, 0.1) is 10.1 Å². The zero-order chi connectivity index (χ0) is 14.7. The van der Waals surface area contributed by atoms with E-state index in [2.05, 4.69) is 10.6 Å². The van der Waals surface area contributed by atoms with E-state index in [0.29, 0.717) is 11.4 Å². The number of carbonyl (C=O) groups excluding carboxylic acids is 2. The van der Waals surface area contributed by atoms with Gasteiger partial charge in [0.25, 0.3) is 11.6 Å². The van der Waals surface area contributed by atoms with E-state index in [9.17, 15) is 19.7 Å². The normalized spacial score (nSPS) is 15.1. The minimum absolute atomic E-state index is 0.0311. The fourth-order valence-electron chi connectivity index (χ4n) is 1.65. The number of nitro groups is 1. The summed E-state index contributed by atoms with van der Waals surface area (Å²) < 4.78 is 4.70.